The molecule has 2 aromatic heterocycles. The molecule has 1 saturated carbocycles. The standard InChI is InChI=1S/C15H14F6N4O2/c1-7-6-10(26)25(13-24-23-12(27-13)15(19,20)21)11(22-7)8-2-4-9(5-3-8)14(16,17)18/h6,8-9H,2-5H2,1H3. The smallest absolute Gasteiger partial charge is 0.399 e. The molecule has 0 bridgehead atoms. The molecule has 1 fully saturated rings. The molecule has 3 rings (SSSR count). The van der Waals surface area contributed by atoms with Crippen LogP contribution in [0, 0.1) is 12.8 Å². The highest BCUT2D eigenvalue weighted by molar-refractivity contribution is 5.17. The van der Waals surface area contributed by atoms with Gasteiger partial charge in [0.25, 0.3) is 5.56 Å². The second kappa shape index (κ2) is 6.64. The summed E-state index contributed by atoms with van der Waals surface area (Å²) < 4.78 is 81.9. The quantitative estimate of drug-likeness (QED) is 0.723. The van der Waals surface area contributed by atoms with Crippen LogP contribution in [0.25, 0.3) is 6.01 Å². The average Bonchev–Trinajstić information content (AvgIpc) is 3.03. The lowest BCUT2D eigenvalue weighted by atomic mass is 9.81. The summed E-state index contributed by atoms with van der Waals surface area (Å²) in [6.07, 6.45) is -9.34. The van der Waals surface area contributed by atoms with E-state index in [0.717, 1.165) is 10.6 Å². The molecule has 0 spiro atoms. The summed E-state index contributed by atoms with van der Waals surface area (Å²) in [5, 5.41) is 6.14. The molecular weight excluding hydrogens is 382 g/mol. The van der Waals surface area contributed by atoms with Crippen molar-refractivity contribution in [3.8, 4) is 6.01 Å². The molecular formula is C15H14F6N4O2. The highest BCUT2D eigenvalue weighted by atomic mass is 19.4. The average molecular weight is 396 g/mol. The van der Waals surface area contributed by atoms with Crippen LogP contribution in [-0.4, -0.2) is 25.9 Å². The Morgan fingerprint density at radius 1 is 1.07 bits per heavy atom. The molecule has 0 radical (unpaired) electrons. The van der Waals surface area contributed by atoms with Crippen molar-refractivity contribution in [1.82, 2.24) is 19.7 Å². The third-order valence-corrected chi connectivity index (χ3v) is 4.48. The zero-order valence-corrected chi connectivity index (χ0v) is 13.9. The molecule has 0 aromatic carbocycles. The van der Waals surface area contributed by atoms with Crippen LogP contribution in [0.4, 0.5) is 26.3 Å². The zero-order valence-electron chi connectivity index (χ0n) is 13.9. The SMILES string of the molecule is Cc1cc(=O)n(-c2nnc(C(F)(F)F)o2)c(C2CCC(C(F)(F)F)CC2)n1. The molecule has 1 aliphatic rings. The second-order valence-corrected chi connectivity index (χ2v) is 6.41. The Kier molecular flexibility index (Phi) is 4.76. The van der Waals surface area contributed by atoms with Gasteiger partial charge in [-0.15, -0.1) is 5.10 Å². The fourth-order valence-electron chi connectivity index (χ4n) is 3.18. The first kappa shape index (κ1) is 19.4. The van der Waals surface area contributed by atoms with Crippen molar-refractivity contribution in [1.29, 1.82) is 0 Å². The highest BCUT2D eigenvalue weighted by Crippen LogP contribution is 2.42. The van der Waals surface area contributed by atoms with Crippen LogP contribution in [0.3, 0.4) is 0 Å². The molecule has 6 nitrogen and oxygen atoms in total. The summed E-state index contributed by atoms with van der Waals surface area (Å²) in [6, 6.07) is 0.357. The van der Waals surface area contributed by atoms with E-state index >= 15 is 0 Å². The lowest BCUT2D eigenvalue weighted by molar-refractivity contribution is -0.182. The summed E-state index contributed by atoms with van der Waals surface area (Å²) in [7, 11) is 0. The topological polar surface area (TPSA) is 73.8 Å². The van der Waals surface area contributed by atoms with Gasteiger partial charge in [-0.2, -0.15) is 26.3 Å². The van der Waals surface area contributed by atoms with E-state index in [1.165, 1.54) is 6.92 Å². The van der Waals surface area contributed by atoms with Crippen molar-refractivity contribution >= 4 is 0 Å². The Morgan fingerprint density at radius 3 is 2.22 bits per heavy atom. The molecule has 2 aromatic rings. The third-order valence-electron chi connectivity index (χ3n) is 4.48. The van der Waals surface area contributed by atoms with E-state index in [2.05, 4.69) is 19.6 Å². The van der Waals surface area contributed by atoms with Gasteiger partial charge in [0, 0.05) is 17.7 Å². The molecule has 0 atom stereocenters. The summed E-state index contributed by atoms with van der Waals surface area (Å²) in [5.41, 5.74) is -0.451. The first-order valence-electron chi connectivity index (χ1n) is 8.05. The molecule has 12 heteroatoms. The number of rotatable bonds is 2. The van der Waals surface area contributed by atoms with Gasteiger partial charge in [0.05, 0.1) is 5.92 Å². The lowest BCUT2D eigenvalue weighted by Gasteiger charge is -2.30. The predicted octanol–water partition coefficient (Wildman–Crippen LogP) is 3.78. The maximum absolute atomic E-state index is 12.8. The van der Waals surface area contributed by atoms with Crippen LogP contribution in [-0.2, 0) is 6.18 Å². The van der Waals surface area contributed by atoms with Crippen molar-refractivity contribution in [2.24, 2.45) is 5.92 Å². The monoisotopic (exact) mass is 396 g/mol. The van der Waals surface area contributed by atoms with Gasteiger partial charge in [-0.3, -0.25) is 4.79 Å². The van der Waals surface area contributed by atoms with Crippen LogP contribution in [0.15, 0.2) is 15.3 Å². The van der Waals surface area contributed by atoms with Gasteiger partial charge in [0.1, 0.15) is 5.82 Å². The third kappa shape index (κ3) is 3.98. The molecule has 27 heavy (non-hydrogen) atoms. The fourth-order valence-corrected chi connectivity index (χ4v) is 3.18. The van der Waals surface area contributed by atoms with Crippen LogP contribution in [0.1, 0.15) is 49.0 Å². The predicted molar refractivity (Wildman–Crippen MR) is 78.2 cm³/mol. The van der Waals surface area contributed by atoms with Crippen LogP contribution in [0.2, 0.25) is 0 Å². The van der Waals surface area contributed by atoms with Gasteiger partial charge >= 0.3 is 24.3 Å². The Balaban J connectivity index is 1.97. The van der Waals surface area contributed by atoms with E-state index in [-0.39, 0.29) is 31.5 Å². The number of halogens is 6. The van der Waals surface area contributed by atoms with Crippen molar-refractivity contribution in [2.45, 2.75) is 50.9 Å². The van der Waals surface area contributed by atoms with E-state index in [0.29, 0.717) is 5.69 Å². The Bertz CT molecular complexity index is 878. The second-order valence-electron chi connectivity index (χ2n) is 6.41. The van der Waals surface area contributed by atoms with Crippen molar-refractivity contribution in [2.75, 3.05) is 0 Å². The number of aryl methyl sites for hydroxylation is 1. The molecule has 2 heterocycles. The Morgan fingerprint density at radius 2 is 1.70 bits per heavy atom. The normalized spacial score (nSPS) is 21.4. The molecule has 0 saturated heterocycles. The molecule has 0 aliphatic heterocycles. The van der Waals surface area contributed by atoms with Gasteiger partial charge in [-0.1, -0.05) is 5.10 Å². The first-order chi connectivity index (χ1) is 12.5. The van der Waals surface area contributed by atoms with E-state index in [1.807, 2.05) is 0 Å². The van der Waals surface area contributed by atoms with Gasteiger partial charge in [0.2, 0.25) is 0 Å². The summed E-state index contributed by atoms with van der Waals surface area (Å²) in [4.78, 5) is 16.5. The maximum Gasteiger partial charge on any atom is 0.470 e. The van der Waals surface area contributed by atoms with Gasteiger partial charge < -0.3 is 4.42 Å². The van der Waals surface area contributed by atoms with Crippen molar-refractivity contribution in [3.05, 3.63) is 33.8 Å². The Labute approximate surface area is 148 Å². The van der Waals surface area contributed by atoms with Crippen molar-refractivity contribution < 1.29 is 30.8 Å². The molecule has 148 valence electrons. The minimum Gasteiger partial charge on any atom is -0.399 e. The zero-order chi connectivity index (χ0) is 20.0. The van der Waals surface area contributed by atoms with Crippen LogP contribution < -0.4 is 5.56 Å². The fraction of sp³-hybridized carbons (Fsp3) is 0.600. The summed E-state index contributed by atoms with van der Waals surface area (Å²) in [5.74, 6) is -3.59. The minimum atomic E-state index is -4.89. The van der Waals surface area contributed by atoms with E-state index in [1.54, 1.807) is 0 Å². The largest absolute Gasteiger partial charge is 0.470 e. The van der Waals surface area contributed by atoms with Crippen LogP contribution >= 0.6 is 0 Å². The van der Waals surface area contributed by atoms with Gasteiger partial charge in [-0.25, -0.2) is 9.55 Å². The summed E-state index contributed by atoms with van der Waals surface area (Å²) in [6.45, 7) is 1.51. The lowest BCUT2D eigenvalue weighted by Crippen LogP contribution is -2.31. The molecule has 0 amide bonds. The van der Waals surface area contributed by atoms with Gasteiger partial charge in [-0.05, 0) is 32.6 Å². The molecule has 0 N–H and O–H groups in total. The number of alkyl halides is 6. The number of aromatic nitrogens is 4. The van der Waals surface area contributed by atoms with E-state index in [4.69, 9.17) is 0 Å². The van der Waals surface area contributed by atoms with E-state index in [9.17, 15) is 31.1 Å². The molecule has 1 aliphatic carbocycles. The number of hydrogen-bond acceptors (Lipinski definition) is 5. The summed E-state index contributed by atoms with van der Waals surface area (Å²) >= 11 is 0. The van der Waals surface area contributed by atoms with E-state index < -0.39 is 41.7 Å². The maximum atomic E-state index is 12.8. The van der Waals surface area contributed by atoms with Gasteiger partial charge in [0.15, 0.2) is 0 Å². The number of hydrogen-bond donors (Lipinski definition) is 0. The first-order valence-corrected chi connectivity index (χ1v) is 8.05. The Hall–Kier alpha value is -2.40. The minimum absolute atomic E-state index is 0.0259. The molecule has 0 unspecified atom stereocenters. The number of nitrogens with zero attached hydrogens (tertiary/aromatic N) is 4. The highest BCUT2D eigenvalue weighted by Gasteiger charge is 2.43. The van der Waals surface area contributed by atoms with Crippen LogP contribution in [0.5, 0.6) is 0 Å². The van der Waals surface area contributed by atoms with Crippen molar-refractivity contribution in [3.63, 3.8) is 0 Å².